The van der Waals surface area contributed by atoms with E-state index in [0.29, 0.717) is 53.3 Å². The summed E-state index contributed by atoms with van der Waals surface area (Å²) in [5, 5.41) is 3.77. The number of thiocarbonyl (C=S) groups is 1. The van der Waals surface area contributed by atoms with Gasteiger partial charge in [0.05, 0.1) is 13.2 Å². The maximum absolute atomic E-state index is 12.5. The molecule has 0 unspecified atom stereocenters. The zero-order chi connectivity index (χ0) is 20.5. The minimum absolute atomic E-state index is 0.280. The van der Waals surface area contributed by atoms with Gasteiger partial charge in [0.25, 0.3) is 5.91 Å². The van der Waals surface area contributed by atoms with Crippen LogP contribution in [0.3, 0.4) is 0 Å². The summed E-state index contributed by atoms with van der Waals surface area (Å²) in [6, 6.07) is 5.50. The molecule has 0 bridgehead atoms. The maximum Gasteiger partial charge on any atom is 0.269 e. The number of carbonyl (C=O) groups is 1. The van der Waals surface area contributed by atoms with Crippen LogP contribution in [0.15, 0.2) is 18.2 Å². The Morgan fingerprint density at radius 1 is 1.14 bits per heavy atom. The van der Waals surface area contributed by atoms with Gasteiger partial charge in [0.2, 0.25) is 0 Å². The van der Waals surface area contributed by atoms with Gasteiger partial charge >= 0.3 is 0 Å². The van der Waals surface area contributed by atoms with E-state index < -0.39 is 0 Å². The van der Waals surface area contributed by atoms with Gasteiger partial charge in [0, 0.05) is 11.6 Å². The fourth-order valence-electron chi connectivity index (χ4n) is 3.42. The molecule has 0 radical (unpaired) electrons. The summed E-state index contributed by atoms with van der Waals surface area (Å²) in [5.74, 6) is 2.15. The Labute approximate surface area is 173 Å². The molecule has 1 aromatic rings. The van der Waals surface area contributed by atoms with Gasteiger partial charge < -0.3 is 14.8 Å². The van der Waals surface area contributed by atoms with Crippen molar-refractivity contribution in [1.82, 2.24) is 16.2 Å². The minimum atomic E-state index is -0.280. The van der Waals surface area contributed by atoms with E-state index in [1.165, 1.54) is 12.8 Å². The topological polar surface area (TPSA) is 71.6 Å². The predicted octanol–water partition coefficient (Wildman–Crippen LogP) is 3.81. The van der Waals surface area contributed by atoms with Crippen molar-refractivity contribution in [3.05, 3.63) is 23.8 Å². The van der Waals surface area contributed by atoms with Gasteiger partial charge in [-0.05, 0) is 62.0 Å². The summed E-state index contributed by atoms with van der Waals surface area (Å²) in [6.45, 7) is 9.57. The number of rotatable bonds is 7. The summed E-state index contributed by atoms with van der Waals surface area (Å²) >= 11 is 5.35. The molecule has 0 aromatic heterocycles. The summed E-state index contributed by atoms with van der Waals surface area (Å²) < 4.78 is 11.3. The number of hydrogen-bond acceptors (Lipinski definition) is 4. The summed E-state index contributed by atoms with van der Waals surface area (Å²) in [4.78, 5) is 12.5. The molecule has 1 aromatic carbocycles. The first-order valence-electron chi connectivity index (χ1n) is 10.2. The Kier molecular flexibility index (Phi) is 8.83. The number of nitrogens with one attached hydrogen (secondary N) is 3. The molecule has 0 aliphatic heterocycles. The summed E-state index contributed by atoms with van der Waals surface area (Å²) in [5.41, 5.74) is 5.94. The molecule has 1 fully saturated rings. The van der Waals surface area contributed by atoms with E-state index in [1.54, 1.807) is 18.2 Å². The second kappa shape index (κ2) is 11.1. The molecular formula is C21H33N3O3S. The van der Waals surface area contributed by atoms with E-state index in [1.807, 2.05) is 13.8 Å². The lowest BCUT2D eigenvalue weighted by atomic mass is 9.78. The van der Waals surface area contributed by atoms with Gasteiger partial charge in [0.1, 0.15) is 0 Å². The van der Waals surface area contributed by atoms with Crippen molar-refractivity contribution in [3.63, 3.8) is 0 Å². The Bertz CT molecular complexity index is 668. The molecule has 0 saturated heterocycles. The van der Waals surface area contributed by atoms with Crippen molar-refractivity contribution >= 4 is 23.2 Å². The molecule has 1 amide bonds. The Morgan fingerprint density at radius 3 is 2.64 bits per heavy atom. The molecule has 7 heteroatoms. The van der Waals surface area contributed by atoms with E-state index in [0.717, 1.165) is 12.8 Å². The fourth-order valence-corrected chi connectivity index (χ4v) is 3.63. The first-order chi connectivity index (χ1) is 13.5. The molecule has 28 heavy (non-hydrogen) atoms. The number of benzene rings is 1. The van der Waals surface area contributed by atoms with Crippen molar-refractivity contribution in [2.75, 3.05) is 13.2 Å². The zero-order valence-electron chi connectivity index (χ0n) is 17.3. The van der Waals surface area contributed by atoms with E-state index in [-0.39, 0.29) is 5.91 Å². The quantitative estimate of drug-likeness (QED) is 0.472. The second-order valence-corrected chi connectivity index (χ2v) is 7.78. The van der Waals surface area contributed by atoms with Gasteiger partial charge in [0.15, 0.2) is 16.6 Å². The van der Waals surface area contributed by atoms with E-state index in [2.05, 4.69) is 30.0 Å². The van der Waals surface area contributed by atoms with Gasteiger partial charge in [-0.1, -0.05) is 33.6 Å². The van der Waals surface area contributed by atoms with Crippen LogP contribution in [0.1, 0.15) is 63.7 Å². The van der Waals surface area contributed by atoms with Crippen molar-refractivity contribution in [2.24, 2.45) is 11.8 Å². The first kappa shape index (κ1) is 22.3. The highest BCUT2D eigenvalue weighted by Gasteiger charge is 2.27. The van der Waals surface area contributed by atoms with Gasteiger partial charge in [-0.25, -0.2) is 0 Å². The molecule has 0 spiro atoms. The number of amides is 1. The predicted molar refractivity (Wildman–Crippen MR) is 116 cm³/mol. The standard InChI is InChI=1S/C21H33N3O3S/c1-5-12-27-18-11-10-16(13-19(18)26-6-2)20(25)23-24-21(28)22-17-9-7-8-14(3)15(17)4/h10-11,13-15,17H,5-9,12H2,1-4H3,(H,23,25)(H2,22,24,28)/t14-,15+,17-/m1/s1. The van der Waals surface area contributed by atoms with Crippen LogP contribution >= 0.6 is 12.2 Å². The SMILES string of the molecule is CCCOc1ccc(C(=O)NNC(=S)N[C@@H]2CCC[C@@H](C)[C@@H]2C)cc1OCC. The molecule has 0 heterocycles. The fraction of sp³-hybridized carbons (Fsp3) is 0.619. The monoisotopic (exact) mass is 407 g/mol. The van der Waals surface area contributed by atoms with Crippen LogP contribution in [0, 0.1) is 11.8 Å². The van der Waals surface area contributed by atoms with Crippen molar-refractivity contribution in [1.29, 1.82) is 0 Å². The van der Waals surface area contributed by atoms with Gasteiger partial charge in [-0.15, -0.1) is 0 Å². The van der Waals surface area contributed by atoms with E-state index >= 15 is 0 Å². The lowest BCUT2D eigenvalue weighted by Crippen LogP contribution is -2.52. The van der Waals surface area contributed by atoms with Crippen molar-refractivity contribution in [2.45, 2.75) is 59.4 Å². The van der Waals surface area contributed by atoms with Crippen LogP contribution in [0.5, 0.6) is 11.5 Å². The Morgan fingerprint density at radius 2 is 1.93 bits per heavy atom. The van der Waals surface area contributed by atoms with Crippen LogP contribution in [0.25, 0.3) is 0 Å². The molecular weight excluding hydrogens is 374 g/mol. The molecule has 3 atom stereocenters. The van der Waals surface area contributed by atoms with Crippen LogP contribution < -0.4 is 25.6 Å². The third-order valence-corrected chi connectivity index (χ3v) is 5.50. The first-order valence-corrected chi connectivity index (χ1v) is 10.6. The molecule has 6 nitrogen and oxygen atoms in total. The molecule has 2 rings (SSSR count). The highest BCUT2D eigenvalue weighted by Crippen LogP contribution is 2.30. The third-order valence-electron chi connectivity index (χ3n) is 5.28. The number of hydrogen-bond donors (Lipinski definition) is 3. The highest BCUT2D eigenvalue weighted by molar-refractivity contribution is 7.80. The smallest absolute Gasteiger partial charge is 0.269 e. The largest absolute Gasteiger partial charge is 0.490 e. The third kappa shape index (κ3) is 6.26. The van der Waals surface area contributed by atoms with Crippen LogP contribution in [-0.4, -0.2) is 30.3 Å². The van der Waals surface area contributed by atoms with Gasteiger partial charge in [-0.3, -0.25) is 15.6 Å². The Hall–Kier alpha value is -2.02. The second-order valence-electron chi connectivity index (χ2n) is 7.37. The molecule has 1 saturated carbocycles. The normalized spacial score (nSPS) is 21.5. The maximum atomic E-state index is 12.5. The molecule has 1 aliphatic carbocycles. The number of carbonyl (C=O) groups excluding carboxylic acids is 1. The lowest BCUT2D eigenvalue weighted by Gasteiger charge is -2.35. The zero-order valence-corrected chi connectivity index (χ0v) is 18.2. The van der Waals surface area contributed by atoms with Crippen LogP contribution in [0.2, 0.25) is 0 Å². The van der Waals surface area contributed by atoms with Crippen LogP contribution in [0.4, 0.5) is 0 Å². The average Bonchev–Trinajstić information content (AvgIpc) is 2.69. The lowest BCUT2D eigenvalue weighted by molar-refractivity contribution is 0.0942. The van der Waals surface area contributed by atoms with Crippen LogP contribution in [-0.2, 0) is 0 Å². The Balaban J connectivity index is 1.91. The molecule has 3 N–H and O–H groups in total. The molecule has 1 aliphatic rings. The van der Waals surface area contributed by atoms with Crippen molar-refractivity contribution < 1.29 is 14.3 Å². The average molecular weight is 408 g/mol. The number of hydrazine groups is 1. The minimum Gasteiger partial charge on any atom is -0.490 e. The highest BCUT2D eigenvalue weighted by atomic mass is 32.1. The summed E-state index contributed by atoms with van der Waals surface area (Å²) in [7, 11) is 0. The van der Waals surface area contributed by atoms with Gasteiger partial charge in [-0.2, -0.15) is 0 Å². The summed E-state index contributed by atoms with van der Waals surface area (Å²) in [6.07, 6.45) is 4.46. The molecule has 156 valence electrons. The van der Waals surface area contributed by atoms with Crippen molar-refractivity contribution in [3.8, 4) is 11.5 Å². The number of ether oxygens (including phenoxy) is 2. The van der Waals surface area contributed by atoms with E-state index in [9.17, 15) is 4.79 Å². The van der Waals surface area contributed by atoms with E-state index in [4.69, 9.17) is 21.7 Å².